The van der Waals surface area contributed by atoms with E-state index in [1.54, 1.807) is 11.0 Å². The van der Waals surface area contributed by atoms with E-state index in [9.17, 15) is 18.0 Å². The molecule has 1 amide bonds. The third-order valence-electron chi connectivity index (χ3n) is 4.93. The molecule has 2 heterocycles. The van der Waals surface area contributed by atoms with Crippen LogP contribution >= 0.6 is 0 Å². The van der Waals surface area contributed by atoms with Gasteiger partial charge in [-0.2, -0.15) is 18.0 Å². The summed E-state index contributed by atoms with van der Waals surface area (Å²) in [6, 6.07) is 14.6. The maximum Gasteiger partial charge on any atom is 0.416 e. The number of hydrogen-bond donors (Lipinski definition) is 0. The molecule has 156 valence electrons. The number of carbonyl (C=O) groups excluding carboxylic acids is 1. The molecule has 1 aliphatic rings. The summed E-state index contributed by atoms with van der Waals surface area (Å²) in [5.41, 5.74) is 0.637. The molecule has 1 aromatic heterocycles. The number of rotatable bonds is 4. The van der Waals surface area contributed by atoms with Gasteiger partial charge in [-0.15, -0.1) is 10.2 Å². The fourth-order valence-corrected chi connectivity index (χ4v) is 3.33. The first kappa shape index (κ1) is 19.9. The zero-order valence-corrected chi connectivity index (χ0v) is 16.0. The van der Waals surface area contributed by atoms with Crippen LogP contribution < -0.4 is 4.90 Å². The Hall–Kier alpha value is -3.43. The highest BCUT2D eigenvalue weighted by molar-refractivity contribution is 5.76. The number of hydrogen-bond acceptors (Lipinski definition) is 5. The molecular weight excluding hydrogens is 397 g/mol. The minimum Gasteiger partial charge on any atom is -0.368 e. The number of alkyl halides is 3. The number of piperazine rings is 1. The predicted molar refractivity (Wildman–Crippen MR) is 103 cm³/mol. The maximum atomic E-state index is 12.9. The molecule has 1 saturated heterocycles. The third kappa shape index (κ3) is 4.42. The molecule has 2 aromatic carbocycles. The van der Waals surface area contributed by atoms with Crippen LogP contribution in [0.25, 0.3) is 11.4 Å². The van der Waals surface area contributed by atoms with Crippen molar-refractivity contribution in [1.29, 1.82) is 0 Å². The molecule has 0 saturated carbocycles. The molecule has 3 aromatic rings. The van der Waals surface area contributed by atoms with Crippen molar-refractivity contribution in [3.05, 3.63) is 60.2 Å². The van der Waals surface area contributed by atoms with Gasteiger partial charge in [-0.25, -0.2) is 0 Å². The van der Waals surface area contributed by atoms with Crippen LogP contribution in [0.4, 0.5) is 18.9 Å². The average Bonchev–Trinajstić information content (AvgIpc) is 3.22. The van der Waals surface area contributed by atoms with Crippen molar-refractivity contribution < 1.29 is 18.0 Å². The molecule has 4 rings (SSSR count). The summed E-state index contributed by atoms with van der Waals surface area (Å²) in [7, 11) is 0. The van der Waals surface area contributed by atoms with E-state index < -0.39 is 11.7 Å². The van der Waals surface area contributed by atoms with Crippen LogP contribution in [0, 0.1) is 0 Å². The van der Waals surface area contributed by atoms with Crippen molar-refractivity contribution in [3.8, 4) is 11.4 Å². The van der Waals surface area contributed by atoms with Crippen molar-refractivity contribution in [2.45, 2.75) is 12.7 Å². The molecular formula is C20H19F3N6O. The molecule has 1 fully saturated rings. The Bertz CT molecular complexity index is 1010. The van der Waals surface area contributed by atoms with E-state index in [2.05, 4.69) is 15.4 Å². The zero-order chi connectivity index (χ0) is 21.1. The second-order valence-electron chi connectivity index (χ2n) is 6.93. The van der Waals surface area contributed by atoms with Crippen molar-refractivity contribution >= 4 is 11.6 Å². The third-order valence-corrected chi connectivity index (χ3v) is 4.93. The van der Waals surface area contributed by atoms with Crippen molar-refractivity contribution in [2.75, 3.05) is 31.1 Å². The number of carbonyl (C=O) groups is 1. The Balaban J connectivity index is 1.34. The summed E-state index contributed by atoms with van der Waals surface area (Å²) in [6.07, 6.45) is -4.38. The lowest BCUT2D eigenvalue weighted by Gasteiger charge is -2.36. The minimum atomic E-state index is -4.38. The number of aromatic nitrogens is 4. The summed E-state index contributed by atoms with van der Waals surface area (Å²) in [4.78, 5) is 17.3. The Kier molecular flexibility index (Phi) is 5.39. The van der Waals surface area contributed by atoms with E-state index in [1.807, 2.05) is 35.2 Å². The lowest BCUT2D eigenvalue weighted by molar-refractivity contribution is -0.137. The van der Waals surface area contributed by atoms with E-state index >= 15 is 0 Å². The SMILES string of the molecule is O=C(Cn1nnc(-c2ccccc2)n1)N1CCN(c2cccc(C(F)(F)F)c2)CC1. The molecule has 0 atom stereocenters. The van der Waals surface area contributed by atoms with E-state index in [-0.39, 0.29) is 12.5 Å². The summed E-state index contributed by atoms with van der Waals surface area (Å²) in [5, 5.41) is 12.1. The zero-order valence-electron chi connectivity index (χ0n) is 16.0. The molecule has 0 spiro atoms. The van der Waals surface area contributed by atoms with Crippen LogP contribution in [0.1, 0.15) is 5.56 Å². The number of nitrogens with zero attached hydrogens (tertiary/aromatic N) is 6. The number of halogens is 3. The fourth-order valence-electron chi connectivity index (χ4n) is 3.33. The maximum absolute atomic E-state index is 12.9. The number of amides is 1. The second kappa shape index (κ2) is 8.13. The van der Waals surface area contributed by atoms with Gasteiger partial charge in [-0.3, -0.25) is 4.79 Å². The van der Waals surface area contributed by atoms with Gasteiger partial charge in [0.2, 0.25) is 11.7 Å². The Morgan fingerprint density at radius 2 is 1.70 bits per heavy atom. The fraction of sp³-hybridized carbons (Fsp3) is 0.300. The summed E-state index contributed by atoms with van der Waals surface area (Å²) >= 11 is 0. The Morgan fingerprint density at radius 1 is 0.967 bits per heavy atom. The van der Waals surface area contributed by atoms with E-state index in [4.69, 9.17) is 0 Å². The van der Waals surface area contributed by atoms with Gasteiger partial charge in [-0.1, -0.05) is 36.4 Å². The van der Waals surface area contributed by atoms with E-state index in [1.165, 1.54) is 10.9 Å². The highest BCUT2D eigenvalue weighted by Gasteiger charge is 2.31. The molecule has 30 heavy (non-hydrogen) atoms. The Labute approximate surface area is 170 Å². The number of anilines is 1. The van der Waals surface area contributed by atoms with Gasteiger partial charge in [0, 0.05) is 37.4 Å². The number of benzene rings is 2. The molecule has 10 heteroatoms. The molecule has 0 unspecified atom stereocenters. The van der Waals surface area contributed by atoms with Crippen LogP contribution in [0.15, 0.2) is 54.6 Å². The van der Waals surface area contributed by atoms with Crippen molar-refractivity contribution in [1.82, 2.24) is 25.1 Å². The topological polar surface area (TPSA) is 67.2 Å². The summed E-state index contributed by atoms with van der Waals surface area (Å²) in [6.45, 7) is 1.69. The van der Waals surface area contributed by atoms with Crippen LogP contribution in [0.2, 0.25) is 0 Å². The van der Waals surface area contributed by atoms with E-state index in [0.717, 1.165) is 17.7 Å². The van der Waals surface area contributed by atoms with Crippen molar-refractivity contribution in [2.24, 2.45) is 0 Å². The summed E-state index contributed by atoms with van der Waals surface area (Å²) < 4.78 is 38.8. The highest BCUT2D eigenvalue weighted by atomic mass is 19.4. The molecule has 0 bridgehead atoms. The normalized spacial score (nSPS) is 14.8. The van der Waals surface area contributed by atoms with Gasteiger partial charge in [0.25, 0.3) is 0 Å². The molecule has 7 nitrogen and oxygen atoms in total. The predicted octanol–water partition coefficient (Wildman–Crippen LogP) is 2.71. The molecule has 0 N–H and O–H groups in total. The monoisotopic (exact) mass is 416 g/mol. The highest BCUT2D eigenvalue weighted by Crippen LogP contribution is 2.31. The van der Waals surface area contributed by atoms with Crippen LogP contribution in [0.3, 0.4) is 0 Å². The van der Waals surface area contributed by atoms with Gasteiger partial charge in [0.05, 0.1) is 5.56 Å². The Morgan fingerprint density at radius 3 is 2.40 bits per heavy atom. The average molecular weight is 416 g/mol. The number of tetrazole rings is 1. The standard InChI is InChI=1S/C20H19F3N6O/c21-20(22,23)16-7-4-8-17(13-16)27-9-11-28(12-10-27)18(30)14-29-25-19(24-26-29)15-5-2-1-3-6-15/h1-8,13H,9-12,14H2. The second-order valence-corrected chi connectivity index (χ2v) is 6.93. The molecule has 0 aliphatic carbocycles. The quantitative estimate of drug-likeness (QED) is 0.654. The first-order chi connectivity index (χ1) is 14.4. The van der Waals surface area contributed by atoms with Gasteiger partial charge in [-0.05, 0) is 23.4 Å². The van der Waals surface area contributed by atoms with Gasteiger partial charge in [0.1, 0.15) is 6.54 Å². The first-order valence-electron chi connectivity index (χ1n) is 9.43. The van der Waals surface area contributed by atoms with Gasteiger partial charge < -0.3 is 9.80 Å². The first-order valence-corrected chi connectivity index (χ1v) is 9.43. The molecule has 0 radical (unpaired) electrons. The van der Waals surface area contributed by atoms with Crippen molar-refractivity contribution in [3.63, 3.8) is 0 Å². The largest absolute Gasteiger partial charge is 0.416 e. The molecule has 1 aliphatic heterocycles. The summed E-state index contributed by atoms with van der Waals surface area (Å²) in [5.74, 6) is 0.286. The lowest BCUT2D eigenvalue weighted by Crippen LogP contribution is -2.49. The lowest BCUT2D eigenvalue weighted by atomic mass is 10.1. The van der Waals surface area contributed by atoms with Gasteiger partial charge in [0.15, 0.2) is 0 Å². The smallest absolute Gasteiger partial charge is 0.368 e. The van der Waals surface area contributed by atoms with Crippen LogP contribution in [-0.4, -0.2) is 57.2 Å². The van der Waals surface area contributed by atoms with E-state index in [0.29, 0.717) is 37.7 Å². The van der Waals surface area contributed by atoms with Gasteiger partial charge >= 0.3 is 6.18 Å². The van der Waals surface area contributed by atoms with Crippen LogP contribution in [0.5, 0.6) is 0 Å². The minimum absolute atomic E-state index is 0.0383. The van der Waals surface area contributed by atoms with Crippen LogP contribution in [-0.2, 0) is 17.5 Å².